The lowest BCUT2D eigenvalue weighted by Gasteiger charge is -2.17. The molecule has 1 rings (SSSR count). The van der Waals surface area contributed by atoms with Crippen LogP contribution in [0.1, 0.15) is 44.6 Å². The van der Waals surface area contributed by atoms with Gasteiger partial charge in [-0.25, -0.2) is 0 Å². The fourth-order valence-corrected chi connectivity index (χ4v) is 2.69. The molecule has 1 N–H and O–H groups in total. The fourth-order valence-electron chi connectivity index (χ4n) is 2.28. The van der Waals surface area contributed by atoms with Crippen molar-refractivity contribution >= 4 is 15.9 Å². The summed E-state index contributed by atoms with van der Waals surface area (Å²) in [5, 5.41) is 3.46. The Bertz CT molecular complexity index is 355. The van der Waals surface area contributed by atoms with Crippen LogP contribution in [0.4, 0.5) is 0 Å². The van der Waals surface area contributed by atoms with Crippen LogP contribution in [0.2, 0.25) is 0 Å². The molecule has 0 bridgehead atoms. The van der Waals surface area contributed by atoms with Crippen molar-refractivity contribution in [2.45, 2.75) is 45.6 Å². The number of unbranched alkanes of at least 4 members (excludes halogenated alkanes) is 3. The molecule has 0 unspecified atom stereocenters. The van der Waals surface area contributed by atoms with Gasteiger partial charge in [0.2, 0.25) is 0 Å². The molecular formula is C17H29BrN2. The first-order valence-corrected chi connectivity index (χ1v) is 8.66. The third kappa shape index (κ3) is 8.03. The molecule has 0 radical (unpaired) electrons. The summed E-state index contributed by atoms with van der Waals surface area (Å²) in [5.41, 5.74) is 1.37. The van der Waals surface area contributed by atoms with Crippen LogP contribution in [0.5, 0.6) is 0 Å². The van der Waals surface area contributed by atoms with Crippen LogP contribution in [0.3, 0.4) is 0 Å². The zero-order valence-corrected chi connectivity index (χ0v) is 14.6. The standard InChI is InChI=1S/C17H29BrN2/c1-3-12-19-13-8-4-5-9-14-20(2)15-16-10-6-7-11-17(16)18/h6-7,10-11,19H,3-5,8-9,12-15H2,1-2H3. The highest BCUT2D eigenvalue weighted by atomic mass is 79.9. The van der Waals surface area contributed by atoms with Crippen LogP contribution >= 0.6 is 15.9 Å². The van der Waals surface area contributed by atoms with E-state index in [1.54, 1.807) is 0 Å². The Labute approximate surface area is 133 Å². The van der Waals surface area contributed by atoms with E-state index < -0.39 is 0 Å². The van der Waals surface area contributed by atoms with Gasteiger partial charge >= 0.3 is 0 Å². The molecule has 0 fully saturated rings. The molecular weight excluding hydrogens is 312 g/mol. The maximum absolute atomic E-state index is 3.61. The summed E-state index contributed by atoms with van der Waals surface area (Å²) < 4.78 is 1.22. The summed E-state index contributed by atoms with van der Waals surface area (Å²) >= 11 is 3.61. The van der Waals surface area contributed by atoms with Crippen molar-refractivity contribution in [2.24, 2.45) is 0 Å². The van der Waals surface area contributed by atoms with E-state index in [-0.39, 0.29) is 0 Å². The molecule has 0 aliphatic heterocycles. The van der Waals surface area contributed by atoms with Crippen molar-refractivity contribution in [2.75, 3.05) is 26.7 Å². The number of nitrogens with zero attached hydrogens (tertiary/aromatic N) is 1. The lowest BCUT2D eigenvalue weighted by Crippen LogP contribution is -2.19. The van der Waals surface area contributed by atoms with Crippen LogP contribution in [-0.2, 0) is 6.54 Å². The lowest BCUT2D eigenvalue weighted by molar-refractivity contribution is 0.316. The highest BCUT2D eigenvalue weighted by molar-refractivity contribution is 9.10. The summed E-state index contributed by atoms with van der Waals surface area (Å²) in [6, 6.07) is 8.49. The number of halogens is 1. The van der Waals surface area contributed by atoms with Crippen LogP contribution in [-0.4, -0.2) is 31.6 Å². The molecule has 0 saturated heterocycles. The minimum atomic E-state index is 1.03. The topological polar surface area (TPSA) is 15.3 Å². The predicted molar refractivity (Wildman–Crippen MR) is 92.1 cm³/mol. The largest absolute Gasteiger partial charge is 0.317 e. The Morgan fingerprint density at radius 1 is 1.05 bits per heavy atom. The molecule has 0 aliphatic rings. The second-order valence-electron chi connectivity index (χ2n) is 5.49. The Balaban J connectivity index is 2.03. The van der Waals surface area contributed by atoms with Gasteiger partial charge in [0.25, 0.3) is 0 Å². The van der Waals surface area contributed by atoms with E-state index >= 15 is 0 Å². The number of hydrogen-bond donors (Lipinski definition) is 1. The molecule has 0 aromatic heterocycles. The van der Waals surface area contributed by atoms with Gasteiger partial charge in [-0.15, -0.1) is 0 Å². The normalized spacial score (nSPS) is 11.2. The van der Waals surface area contributed by atoms with Crippen molar-refractivity contribution in [3.05, 3.63) is 34.3 Å². The van der Waals surface area contributed by atoms with Crippen LogP contribution in [0, 0.1) is 0 Å². The molecule has 0 heterocycles. The van der Waals surface area contributed by atoms with Crippen molar-refractivity contribution < 1.29 is 0 Å². The summed E-state index contributed by atoms with van der Waals surface area (Å²) in [5.74, 6) is 0. The Kier molecular flexibility index (Phi) is 9.98. The molecule has 0 aliphatic carbocycles. The smallest absolute Gasteiger partial charge is 0.0241 e. The third-order valence-corrected chi connectivity index (χ3v) is 4.24. The first-order valence-electron chi connectivity index (χ1n) is 7.86. The molecule has 1 aromatic carbocycles. The number of nitrogens with one attached hydrogen (secondary N) is 1. The second kappa shape index (κ2) is 11.3. The van der Waals surface area contributed by atoms with Crippen LogP contribution in [0.15, 0.2) is 28.7 Å². The average Bonchev–Trinajstić information content (AvgIpc) is 2.44. The van der Waals surface area contributed by atoms with Gasteiger partial charge in [-0.2, -0.15) is 0 Å². The highest BCUT2D eigenvalue weighted by Gasteiger charge is 2.03. The first-order chi connectivity index (χ1) is 9.74. The Morgan fingerprint density at radius 2 is 1.80 bits per heavy atom. The van der Waals surface area contributed by atoms with E-state index in [1.807, 2.05) is 0 Å². The summed E-state index contributed by atoms with van der Waals surface area (Å²) in [6.07, 6.45) is 6.54. The maximum atomic E-state index is 3.61. The van der Waals surface area contributed by atoms with Crippen molar-refractivity contribution in [1.29, 1.82) is 0 Å². The Morgan fingerprint density at radius 3 is 2.55 bits per heavy atom. The minimum Gasteiger partial charge on any atom is -0.317 e. The lowest BCUT2D eigenvalue weighted by atomic mass is 10.1. The summed E-state index contributed by atoms with van der Waals surface area (Å²) in [7, 11) is 2.21. The average molecular weight is 341 g/mol. The molecule has 2 nitrogen and oxygen atoms in total. The first kappa shape index (κ1) is 17.7. The molecule has 114 valence electrons. The molecule has 1 aromatic rings. The molecule has 0 saturated carbocycles. The van der Waals surface area contributed by atoms with Gasteiger partial charge in [-0.05, 0) is 57.6 Å². The molecule has 0 atom stereocenters. The third-order valence-electron chi connectivity index (χ3n) is 3.47. The van der Waals surface area contributed by atoms with Gasteiger partial charge in [-0.3, -0.25) is 0 Å². The minimum absolute atomic E-state index is 1.03. The van der Waals surface area contributed by atoms with Gasteiger partial charge in [0.15, 0.2) is 0 Å². The Hall–Kier alpha value is -0.380. The zero-order chi connectivity index (χ0) is 14.6. The van der Waals surface area contributed by atoms with E-state index in [4.69, 9.17) is 0 Å². The molecule has 20 heavy (non-hydrogen) atoms. The van der Waals surface area contributed by atoms with Crippen LogP contribution < -0.4 is 5.32 Å². The van der Waals surface area contributed by atoms with Crippen molar-refractivity contribution in [1.82, 2.24) is 10.2 Å². The quantitative estimate of drug-likeness (QED) is 0.599. The summed E-state index contributed by atoms with van der Waals surface area (Å²) in [4.78, 5) is 2.41. The van der Waals surface area contributed by atoms with Crippen LogP contribution in [0.25, 0.3) is 0 Å². The SMILES string of the molecule is CCCNCCCCCCN(C)Cc1ccccc1Br. The van der Waals surface area contributed by atoms with E-state index in [9.17, 15) is 0 Å². The molecule has 3 heteroatoms. The zero-order valence-electron chi connectivity index (χ0n) is 13.0. The fraction of sp³-hybridized carbons (Fsp3) is 0.647. The molecule has 0 spiro atoms. The highest BCUT2D eigenvalue weighted by Crippen LogP contribution is 2.17. The van der Waals surface area contributed by atoms with Gasteiger partial charge in [-0.1, -0.05) is 53.9 Å². The van der Waals surface area contributed by atoms with Gasteiger partial charge in [0.1, 0.15) is 0 Å². The number of benzene rings is 1. The van der Waals surface area contributed by atoms with Gasteiger partial charge < -0.3 is 10.2 Å². The monoisotopic (exact) mass is 340 g/mol. The predicted octanol–water partition coefficient (Wildman–Crippen LogP) is 4.44. The second-order valence-corrected chi connectivity index (χ2v) is 6.35. The number of hydrogen-bond acceptors (Lipinski definition) is 2. The van der Waals surface area contributed by atoms with E-state index in [1.165, 1.54) is 55.2 Å². The maximum Gasteiger partial charge on any atom is 0.0241 e. The van der Waals surface area contributed by atoms with Crippen molar-refractivity contribution in [3.63, 3.8) is 0 Å². The summed E-state index contributed by atoms with van der Waals surface area (Å²) in [6.45, 7) is 6.77. The van der Waals surface area contributed by atoms with Gasteiger partial charge in [0, 0.05) is 11.0 Å². The van der Waals surface area contributed by atoms with E-state index in [0.717, 1.165) is 13.1 Å². The van der Waals surface area contributed by atoms with E-state index in [0.29, 0.717) is 0 Å². The number of rotatable bonds is 11. The van der Waals surface area contributed by atoms with Gasteiger partial charge in [0.05, 0.1) is 0 Å². The molecule has 0 amide bonds. The van der Waals surface area contributed by atoms with E-state index in [2.05, 4.69) is 64.4 Å². The van der Waals surface area contributed by atoms with Crippen molar-refractivity contribution in [3.8, 4) is 0 Å².